The Kier molecular flexibility index (Phi) is 6.48. The molecule has 3 rings (SSSR count). The Hall–Kier alpha value is -3.24. The van der Waals surface area contributed by atoms with Crippen molar-refractivity contribution in [2.75, 3.05) is 19.1 Å². The SMILES string of the molecule is CNC(=O)/C(C#N)=C1\SC(Cc2ccc(C)c(C)c2)C(=O)N1c1ccc(OC)cc1. The molecule has 1 unspecified atom stereocenters. The highest BCUT2D eigenvalue weighted by Gasteiger charge is 2.40. The fraction of sp³-hybridized carbons (Fsp3) is 0.261. The molecule has 6 nitrogen and oxygen atoms in total. The number of nitriles is 1. The summed E-state index contributed by atoms with van der Waals surface area (Å²) in [5.41, 5.74) is 3.90. The van der Waals surface area contributed by atoms with Crippen molar-refractivity contribution >= 4 is 29.3 Å². The van der Waals surface area contributed by atoms with Crippen LogP contribution in [0.1, 0.15) is 16.7 Å². The topological polar surface area (TPSA) is 82.4 Å². The fourth-order valence-corrected chi connectivity index (χ4v) is 4.53. The summed E-state index contributed by atoms with van der Waals surface area (Å²) in [6.07, 6.45) is 0.507. The maximum absolute atomic E-state index is 13.4. The first-order valence-corrected chi connectivity index (χ1v) is 10.3. The minimum absolute atomic E-state index is 0.0748. The van der Waals surface area contributed by atoms with E-state index in [2.05, 4.69) is 11.4 Å². The van der Waals surface area contributed by atoms with Gasteiger partial charge in [-0.1, -0.05) is 30.0 Å². The van der Waals surface area contributed by atoms with Gasteiger partial charge >= 0.3 is 0 Å². The minimum atomic E-state index is -0.516. The van der Waals surface area contributed by atoms with Gasteiger partial charge in [-0.05, 0) is 61.2 Å². The Labute approximate surface area is 180 Å². The molecule has 154 valence electrons. The van der Waals surface area contributed by atoms with Gasteiger partial charge in [0.2, 0.25) is 5.91 Å². The van der Waals surface area contributed by atoms with Gasteiger partial charge in [0, 0.05) is 12.7 Å². The summed E-state index contributed by atoms with van der Waals surface area (Å²) < 4.78 is 5.19. The predicted molar refractivity (Wildman–Crippen MR) is 118 cm³/mol. The van der Waals surface area contributed by atoms with E-state index < -0.39 is 11.2 Å². The van der Waals surface area contributed by atoms with Gasteiger partial charge in [-0.15, -0.1) is 0 Å². The van der Waals surface area contributed by atoms with Crippen LogP contribution in [0.15, 0.2) is 53.1 Å². The molecule has 0 aromatic heterocycles. The molecule has 2 amide bonds. The Morgan fingerprint density at radius 1 is 1.20 bits per heavy atom. The Bertz CT molecular complexity index is 1050. The number of nitrogens with zero attached hydrogens (tertiary/aromatic N) is 2. The molecule has 1 atom stereocenters. The van der Waals surface area contributed by atoms with Gasteiger partial charge in [0.25, 0.3) is 5.91 Å². The molecular weight excluding hydrogens is 398 g/mol. The number of hydrogen-bond donors (Lipinski definition) is 1. The molecule has 1 N–H and O–H groups in total. The fourth-order valence-electron chi connectivity index (χ4n) is 3.22. The van der Waals surface area contributed by atoms with E-state index >= 15 is 0 Å². The van der Waals surface area contributed by atoms with E-state index in [-0.39, 0.29) is 11.5 Å². The summed E-state index contributed by atoms with van der Waals surface area (Å²) >= 11 is 1.25. The number of benzene rings is 2. The normalized spacial score (nSPS) is 17.5. The highest BCUT2D eigenvalue weighted by molar-refractivity contribution is 8.05. The summed E-state index contributed by atoms with van der Waals surface area (Å²) in [5, 5.41) is 12.0. The number of hydrogen-bond acceptors (Lipinski definition) is 5. The first kappa shape index (κ1) is 21.5. The van der Waals surface area contributed by atoms with Crippen LogP contribution in [-0.2, 0) is 16.0 Å². The number of likely N-dealkylation sites (N-methyl/N-ethyl adjacent to an activating group) is 1. The lowest BCUT2D eigenvalue weighted by Crippen LogP contribution is -2.31. The second-order valence-electron chi connectivity index (χ2n) is 6.97. The van der Waals surface area contributed by atoms with Gasteiger partial charge in [0.15, 0.2) is 0 Å². The van der Waals surface area contributed by atoms with Gasteiger partial charge in [0.1, 0.15) is 22.4 Å². The van der Waals surface area contributed by atoms with Gasteiger partial charge in [-0.25, -0.2) is 0 Å². The average molecular weight is 422 g/mol. The van der Waals surface area contributed by atoms with Crippen molar-refractivity contribution in [3.63, 3.8) is 0 Å². The highest BCUT2D eigenvalue weighted by atomic mass is 32.2. The molecule has 2 aromatic carbocycles. The molecule has 0 radical (unpaired) electrons. The van der Waals surface area contributed by atoms with Crippen molar-refractivity contribution in [2.45, 2.75) is 25.5 Å². The highest BCUT2D eigenvalue weighted by Crippen LogP contribution is 2.42. The Morgan fingerprint density at radius 2 is 1.90 bits per heavy atom. The zero-order chi connectivity index (χ0) is 21.8. The first-order chi connectivity index (χ1) is 14.4. The molecule has 30 heavy (non-hydrogen) atoms. The zero-order valence-corrected chi connectivity index (χ0v) is 18.2. The number of aryl methyl sites for hydroxylation is 2. The number of amides is 2. The lowest BCUT2D eigenvalue weighted by molar-refractivity contribution is -0.117. The summed E-state index contributed by atoms with van der Waals surface area (Å²) in [6.45, 7) is 4.08. The third-order valence-electron chi connectivity index (χ3n) is 5.06. The van der Waals surface area contributed by atoms with Crippen molar-refractivity contribution in [3.8, 4) is 11.8 Å². The van der Waals surface area contributed by atoms with Crippen LogP contribution in [0.4, 0.5) is 5.69 Å². The van der Waals surface area contributed by atoms with Crippen LogP contribution in [0.3, 0.4) is 0 Å². The van der Waals surface area contributed by atoms with Crippen LogP contribution in [0.2, 0.25) is 0 Å². The molecule has 0 bridgehead atoms. The molecule has 1 aliphatic rings. The Morgan fingerprint density at radius 3 is 2.47 bits per heavy atom. The number of carbonyl (C=O) groups is 2. The van der Waals surface area contributed by atoms with E-state index in [9.17, 15) is 14.9 Å². The third kappa shape index (κ3) is 4.19. The maximum Gasteiger partial charge on any atom is 0.264 e. The second-order valence-corrected chi connectivity index (χ2v) is 8.16. The molecule has 1 aliphatic heterocycles. The summed E-state index contributed by atoms with van der Waals surface area (Å²) in [5.74, 6) is -0.0183. The van der Waals surface area contributed by atoms with Crippen molar-refractivity contribution in [2.24, 2.45) is 0 Å². The first-order valence-electron chi connectivity index (χ1n) is 9.46. The van der Waals surface area contributed by atoms with Crippen LogP contribution in [0.5, 0.6) is 5.75 Å². The molecule has 7 heteroatoms. The van der Waals surface area contributed by atoms with E-state index in [1.54, 1.807) is 31.4 Å². The molecule has 0 spiro atoms. The van der Waals surface area contributed by atoms with E-state index in [1.165, 1.54) is 29.3 Å². The lowest BCUT2D eigenvalue weighted by atomic mass is 10.0. The van der Waals surface area contributed by atoms with Crippen molar-refractivity contribution in [3.05, 3.63) is 69.8 Å². The summed E-state index contributed by atoms with van der Waals surface area (Å²) in [7, 11) is 3.03. The van der Waals surface area contributed by atoms with Gasteiger partial charge in [-0.3, -0.25) is 14.5 Å². The van der Waals surface area contributed by atoms with Crippen LogP contribution >= 0.6 is 11.8 Å². The molecule has 1 fully saturated rings. The predicted octanol–water partition coefficient (Wildman–Crippen LogP) is 3.48. The van der Waals surface area contributed by atoms with E-state index in [0.717, 1.165) is 11.1 Å². The number of ether oxygens (including phenoxy) is 1. The maximum atomic E-state index is 13.4. The van der Waals surface area contributed by atoms with Crippen molar-refractivity contribution in [1.29, 1.82) is 5.26 Å². The summed E-state index contributed by atoms with van der Waals surface area (Å²) in [4.78, 5) is 27.1. The number of nitrogens with one attached hydrogen (secondary N) is 1. The minimum Gasteiger partial charge on any atom is -0.497 e. The van der Waals surface area contributed by atoms with Gasteiger partial charge < -0.3 is 10.1 Å². The molecule has 1 saturated heterocycles. The quantitative estimate of drug-likeness (QED) is 0.590. The molecule has 0 saturated carbocycles. The second kappa shape index (κ2) is 9.06. The van der Waals surface area contributed by atoms with E-state index in [1.807, 2.05) is 32.0 Å². The Balaban J connectivity index is 2.03. The smallest absolute Gasteiger partial charge is 0.264 e. The molecular formula is C23H23N3O3S. The number of thioether (sulfide) groups is 1. The van der Waals surface area contributed by atoms with Gasteiger partial charge in [0.05, 0.1) is 12.4 Å². The molecule has 0 aliphatic carbocycles. The van der Waals surface area contributed by atoms with Crippen LogP contribution in [0.25, 0.3) is 0 Å². The standard InChI is InChI=1S/C23H23N3O3S/c1-14-5-6-16(11-15(14)2)12-20-22(28)26(17-7-9-18(29-4)10-8-17)23(30-20)19(13-24)21(27)25-3/h5-11,20H,12H2,1-4H3,(H,25,27)/b23-19-. The van der Waals surface area contributed by atoms with E-state index in [0.29, 0.717) is 22.9 Å². The lowest BCUT2D eigenvalue weighted by Gasteiger charge is -2.19. The van der Waals surface area contributed by atoms with Crippen LogP contribution in [0, 0.1) is 25.2 Å². The average Bonchev–Trinajstić information content (AvgIpc) is 3.06. The van der Waals surface area contributed by atoms with Crippen LogP contribution < -0.4 is 15.0 Å². The van der Waals surface area contributed by atoms with Gasteiger partial charge in [-0.2, -0.15) is 5.26 Å². The third-order valence-corrected chi connectivity index (χ3v) is 6.32. The van der Waals surface area contributed by atoms with Crippen LogP contribution in [-0.4, -0.2) is 31.2 Å². The summed E-state index contributed by atoms with van der Waals surface area (Å²) in [6, 6.07) is 15.1. The number of anilines is 1. The monoisotopic (exact) mass is 421 g/mol. The molecule has 1 heterocycles. The zero-order valence-electron chi connectivity index (χ0n) is 17.4. The molecule has 2 aromatic rings. The number of carbonyl (C=O) groups excluding carboxylic acids is 2. The largest absolute Gasteiger partial charge is 0.497 e. The van der Waals surface area contributed by atoms with Crippen molar-refractivity contribution in [1.82, 2.24) is 5.32 Å². The number of rotatable bonds is 5. The van der Waals surface area contributed by atoms with Crippen molar-refractivity contribution < 1.29 is 14.3 Å². The van der Waals surface area contributed by atoms with E-state index in [4.69, 9.17) is 4.74 Å². The number of methoxy groups -OCH3 is 1.